The van der Waals surface area contributed by atoms with Gasteiger partial charge in [-0.3, -0.25) is 9.78 Å². The summed E-state index contributed by atoms with van der Waals surface area (Å²) in [5.74, 6) is 0.138. The standard InChI is InChI=1S/C17H17FN2O4/c18-12-3-1-4-13(7-12)24-16-10-20(9-15(16)21)17(22)11-23-14-5-2-6-19-8-14/h1-8,15-16,21H,9-11H2/t15-,16-/m1/s1. The average Bonchev–Trinajstić information content (AvgIpc) is 2.94. The molecule has 0 aliphatic carbocycles. The highest BCUT2D eigenvalue weighted by Crippen LogP contribution is 2.20. The molecule has 1 amide bonds. The molecule has 2 aromatic rings. The first-order valence-electron chi connectivity index (χ1n) is 7.53. The van der Waals surface area contributed by atoms with Crippen molar-refractivity contribution >= 4 is 5.91 Å². The largest absolute Gasteiger partial charge is 0.486 e. The molecule has 126 valence electrons. The number of rotatable bonds is 5. The summed E-state index contributed by atoms with van der Waals surface area (Å²) in [7, 11) is 0. The third kappa shape index (κ3) is 3.99. The van der Waals surface area contributed by atoms with Crippen LogP contribution in [0, 0.1) is 5.82 Å². The van der Waals surface area contributed by atoms with E-state index < -0.39 is 18.0 Å². The fourth-order valence-corrected chi connectivity index (χ4v) is 2.46. The average molecular weight is 332 g/mol. The lowest BCUT2D eigenvalue weighted by Gasteiger charge is -2.17. The number of β-amino-alcohol motifs (C(OH)–C–C–N with tert-alkyl or cyclic N) is 1. The van der Waals surface area contributed by atoms with Crippen LogP contribution in [0.3, 0.4) is 0 Å². The van der Waals surface area contributed by atoms with Gasteiger partial charge in [0, 0.05) is 12.3 Å². The van der Waals surface area contributed by atoms with Gasteiger partial charge in [0.25, 0.3) is 5.91 Å². The number of aromatic nitrogens is 1. The molecule has 1 aromatic heterocycles. The van der Waals surface area contributed by atoms with E-state index in [1.54, 1.807) is 24.4 Å². The molecular formula is C17H17FN2O4. The molecule has 1 saturated heterocycles. The minimum Gasteiger partial charge on any atom is -0.486 e. The Kier molecular flexibility index (Phi) is 4.90. The lowest BCUT2D eigenvalue weighted by molar-refractivity contribution is -0.132. The molecule has 3 rings (SSSR count). The Bertz CT molecular complexity index is 698. The number of likely N-dealkylation sites (tertiary alicyclic amines) is 1. The minimum atomic E-state index is -0.837. The summed E-state index contributed by atoms with van der Waals surface area (Å²) < 4.78 is 24.1. The molecule has 2 atom stereocenters. The normalized spacial score (nSPS) is 20.0. The molecule has 6 nitrogen and oxygen atoms in total. The second-order valence-corrected chi connectivity index (χ2v) is 5.46. The number of halogens is 1. The molecule has 0 saturated carbocycles. The van der Waals surface area contributed by atoms with E-state index in [-0.39, 0.29) is 25.6 Å². The number of benzene rings is 1. The van der Waals surface area contributed by atoms with Gasteiger partial charge in [-0.1, -0.05) is 6.07 Å². The van der Waals surface area contributed by atoms with Gasteiger partial charge < -0.3 is 19.5 Å². The van der Waals surface area contributed by atoms with Crippen molar-refractivity contribution in [3.05, 3.63) is 54.6 Å². The Labute approximate surface area is 138 Å². The van der Waals surface area contributed by atoms with E-state index in [1.165, 1.54) is 29.3 Å². The maximum atomic E-state index is 13.2. The minimum absolute atomic E-state index is 0.148. The third-order valence-electron chi connectivity index (χ3n) is 3.67. The molecule has 1 aliphatic heterocycles. The zero-order valence-electron chi connectivity index (χ0n) is 12.8. The molecule has 2 heterocycles. The van der Waals surface area contributed by atoms with Gasteiger partial charge >= 0.3 is 0 Å². The van der Waals surface area contributed by atoms with E-state index in [2.05, 4.69) is 4.98 Å². The molecule has 1 fully saturated rings. The summed E-state index contributed by atoms with van der Waals surface area (Å²) in [5, 5.41) is 10.1. The molecule has 1 aliphatic rings. The van der Waals surface area contributed by atoms with Crippen molar-refractivity contribution in [2.24, 2.45) is 0 Å². The maximum Gasteiger partial charge on any atom is 0.260 e. The summed E-state index contributed by atoms with van der Waals surface area (Å²) >= 11 is 0. The van der Waals surface area contributed by atoms with E-state index in [0.717, 1.165) is 0 Å². The predicted octanol–water partition coefficient (Wildman–Crippen LogP) is 1.25. The second-order valence-electron chi connectivity index (χ2n) is 5.46. The quantitative estimate of drug-likeness (QED) is 0.892. The van der Waals surface area contributed by atoms with E-state index >= 15 is 0 Å². The monoisotopic (exact) mass is 332 g/mol. The zero-order valence-corrected chi connectivity index (χ0v) is 12.8. The summed E-state index contributed by atoms with van der Waals surface area (Å²) in [6.45, 7) is 0.216. The number of aliphatic hydroxyl groups excluding tert-OH is 1. The Morgan fingerprint density at radius 2 is 2.12 bits per heavy atom. The van der Waals surface area contributed by atoms with Gasteiger partial charge in [-0.2, -0.15) is 0 Å². The van der Waals surface area contributed by atoms with Crippen molar-refractivity contribution in [3.8, 4) is 11.5 Å². The van der Waals surface area contributed by atoms with Crippen molar-refractivity contribution in [1.29, 1.82) is 0 Å². The van der Waals surface area contributed by atoms with Gasteiger partial charge in [-0.25, -0.2) is 4.39 Å². The number of carbonyl (C=O) groups excluding carboxylic acids is 1. The predicted molar refractivity (Wildman–Crippen MR) is 83.1 cm³/mol. The van der Waals surface area contributed by atoms with Gasteiger partial charge in [-0.15, -0.1) is 0 Å². The van der Waals surface area contributed by atoms with Gasteiger partial charge in [-0.05, 0) is 24.3 Å². The van der Waals surface area contributed by atoms with Crippen LogP contribution in [-0.4, -0.2) is 52.8 Å². The lowest BCUT2D eigenvalue weighted by atomic mass is 10.2. The smallest absolute Gasteiger partial charge is 0.260 e. The second kappa shape index (κ2) is 7.27. The van der Waals surface area contributed by atoms with Crippen LogP contribution in [0.4, 0.5) is 4.39 Å². The molecule has 0 spiro atoms. The van der Waals surface area contributed by atoms with Gasteiger partial charge in [0.05, 0.1) is 19.3 Å². The van der Waals surface area contributed by atoms with Crippen molar-refractivity contribution in [3.63, 3.8) is 0 Å². The molecule has 24 heavy (non-hydrogen) atoms. The summed E-state index contributed by atoms with van der Waals surface area (Å²) in [5.41, 5.74) is 0. The lowest BCUT2D eigenvalue weighted by Crippen LogP contribution is -2.34. The van der Waals surface area contributed by atoms with E-state index in [9.17, 15) is 14.3 Å². The highest BCUT2D eigenvalue weighted by molar-refractivity contribution is 5.78. The highest BCUT2D eigenvalue weighted by Gasteiger charge is 2.35. The number of hydrogen-bond donors (Lipinski definition) is 1. The van der Waals surface area contributed by atoms with Crippen LogP contribution in [0.2, 0.25) is 0 Å². The Morgan fingerprint density at radius 3 is 2.88 bits per heavy atom. The van der Waals surface area contributed by atoms with E-state index in [4.69, 9.17) is 9.47 Å². The highest BCUT2D eigenvalue weighted by atomic mass is 19.1. The Morgan fingerprint density at radius 1 is 1.29 bits per heavy atom. The van der Waals surface area contributed by atoms with E-state index in [1.807, 2.05) is 0 Å². The number of amides is 1. The number of nitrogens with zero attached hydrogens (tertiary/aromatic N) is 2. The zero-order chi connectivity index (χ0) is 16.9. The maximum absolute atomic E-state index is 13.2. The van der Waals surface area contributed by atoms with Crippen molar-refractivity contribution in [1.82, 2.24) is 9.88 Å². The van der Waals surface area contributed by atoms with Crippen molar-refractivity contribution in [2.75, 3.05) is 19.7 Å². The van der Waals surface area contributed by atoms with Crippen molar-refractivity contribution in [2.45, 2.75) is 12.2 Å². The van der Waals surface area contributed by atoms with Crippen LogP contribution in [0.15, 0.2) is 48.8 Å². The fourth-order valence-electron chi connectivity index (χ4n) is 2.46. The van der Waals surface area contributed by atoms with Gasteiger partial charge in [0.2, 0.25) is 0 Å². The molecule has 0 bridgehead atoms. The molecule has 0 unspecified atom stereocenters. The Hall–Kier alpha value is -2.67. The number of pyridine rings is 1. The number of hydrogen-bond acceptors (Lipinski definition) is 5. The number of aliphatic hydroxyl groups is 1. The molecule has 1 N–H and O–H groups in total. The molecule has 1 aromatic carbocycles. The molecule has 7 heteroatoms. The van der Waals surface area contributed by atoms with Gasteiger partial charge in [0.15, 0.2) is 6.61 Å². The van der Waals surface area contributed by atoms with E-state index in [0.29, 0.717) is 11.5 Å². The number of carbonyl (C=O) groups is 1. The first kappa shape index (κ1) is 16.2. The van der Waals surface area contributed by atoms with Crippen LogP contribution < -0.4 is 9.47 Å². The Balaban J connectivity index is 1.54. The number of ether oxygens (including phenoxy) is 2. The van der Waals surface area contributed by atoms with Crippen LogP contribution in [0.1, 0.15) is 0 Å². The molecular weight excluding hydrogens is 315 g/mol. The van der Waals surface area contributed by atoms with Crippen molar-refractivity contribution < 1.29 is 23.8 Å². The molecule has 0 radical (unpaired) electrons. The van der Waals surface area contributed by atoms with Crippen LogP contribution >= 0.6 is 0 Å². The third-order valence-corrected chi connectivity index (χ3v) is 3.67. The summed E-state index contributed by atoms with van der Waals surface area (Å²) in [6.07, 6.45) is 1.69. The summed E-state index contributed by atoms with van der Waals surface area (Å²) in [4.78, 5) is 17.5. The SMILES string of the molecule is O=C(COc1cccnc1)N1C[C@@H](O)[C@H](Oc2cccc(F)c2)C1. The first-order valence-corrected chi connectivity index (χ1v) is 7.53. The van der Waals surface area contributed by atoms with Crippen LogP contribution in [-0.2, 0) is 4.79 Å². The van der Waals surface area contributed by atoms with Gasteiger partial charge in [0.1, 0.15) is 29.5 Å². The first-order chi connectivity index (χ1) is 11.6. The van der Waals surface area contributed by atoms with Crippen LogP contribution in [0.25, 0.3) is 0 Å². The summed E-state index contributed by atoms with van der Waals surface area (Å²) in [6, 6.07) is 9.09. The topological polar surface area (TPSA) is 71.9 Å². The van der Waals surface area contributed by atoms with Crippen LogP contribution in [0.5, 0.6) is 11.5 Å². The fraction of sp³-hybridized carbons (Fsp3) is 0.294.